The molecule has 1 N–H and O–H groups in total. The van der Waals surface area contributed by atoms with Crippen LogP contribution < -0.4 is 5.32 Å². The first-order chi connectivity index (χ1) is 7.22. The van der Waals surface area contributed by atoms with Crippen LogP contribution in [0.5, 0.6) is 0 Å². The standard InChI is InChI=1S/C12H14BrNO/c1-2-14-12(15)11-7-10(11)8-4-3-5-9(13)6-8/h3-6,10-11H,2,7H2,1H3,(H,14,15)/t10-,11-/m0/s1. The Labute approximate surface area is 98.2 Å². The van der Waals surface area contributed by atoms with Crippen molar-refractivity contribution in [2.75, 3.05) is 6.54 Å². The zero-order valence-electron chi connectivity index (χ0n) is 8.66. The highest BCUT2D eigenvalue weighted by Gasteiger charge is 2.43. The van der Waals surface area contributed by atoms with Gasteiger partial charge in [-0.3, -0.25) is 4.79 Å². The summed E-state index contributed by atoms with van der Waals surface area (Å²) >= 11 is 3.45. The van der Waals surface area contributed by atoms with Crippen molar-refractivity contribution in [3.05, 3.63) is 34.3 Å². The molecule has 2 nitrogen and oxygen atoms in total. The number of halogens is 1. The molecule has 0 heterocycles. The van der Waals surface area contributed by atoms with Gasteiger partial charge >= 0.3 is 0 Å². The van der Waals surface area contributed by atoms with E-state index in [2.05, 4.69) is 33.4 Å². The zero-order chi connectivity index (χ0) is 10.8. The lowest BCUT2D eigenvalue weighted by atomic mass is 10.1. The van der Waals surface area contributed by atoms with Crippen LogP contribution >= 0.6 is 15.9 Å². The van der Waals surface area contributed by atoms with Crippen LogP contribution in [0.25, 0.3) is 0 Å². The maximum absolute atomic E-state index is 11.6. The fourth-order valence-corrected chi connectivity index (χ4v) is 2.31. The molecule has 1 aromatic rings. The summed E-state index contributed by atoms with van der Waals surface area (Å²) in [5, 5.41) is 2.87. The third kappa shape index (κ3) is 2.40. The second-order valence-corrected chi connectivity index (χ2v) is 4.81. The number of nitrogens with one attached hydrogen (secondary N) is 1. The van der Waals surface area contributed by atoms with Crippen LogP contribution in [0.2, 0.25) is 0 Å². The number of carbonyl (C=O) groups is 1. The summed E-state index contributed by atoms with van der Waals surface area (Å²) in [7, 11) is 0. The number of hydrogen-bond acceptors (Lipinski definition) is 1. The van der Waals surface area contributed by atoms with Crippen molar-refractivity contribution in [1.82, 2.24) is 5.32 Å². The maximum atomic E-state index is 11.6. The molecule has 0 bridgehead atoms. The van der Waals surface area contributed by atoms with E-state index >= 15 is 0 Å². The van der Waals surface area contributed by atoms with E-state index in [-0.39, 0.29) is 11.8 Å². The van der Waals surface area contributed by atoms with Gasteiger partial charge in [-0.05, 0) is 37.0 Å². The van der Waals surface area contributed by atoms with E-state index in [0.717, 1.165) is 17.4 Å². The predicted molar refractivity (Wildman–Crippen MR) is 63.7 cm³/mol. The highest BCUT2D eigenvalue weighted by molar-refractivity contribution is 9.10. The molecule has 0 aromatic heterocycles. The minimum absolute atomic E-state index is 0.194. The van der Waals surface area contributed by atoms with E-state index in [9.17, 15) is 4.79 Å². The molecule has 3 heteroatoms. The average Bonchev–Trinajstić information content (AvgIpc) is 2.97. The normalized spacial score (nSPS) is 23.6. The molecule has 0 unspecified atom stereocenters. The van der Waals surface area contributed by atoms with Gasteiger partial charge in [-0.2, -0.15) is 0 Å². The van der Waals surface area contributed by atoms with Crippen LogP contribution in [-0.2, 0) is 4.79 Å². The van der Waals surface area contributed by atoms with Gasteiger partial charge in [-0.25, -0.2) is 0 Å². The molecule has 1 fully saturated rings. The SMILES string of the molecule is CCNC(=O)[C@H]1C[C@H]1c1cccc(Br)c1. The lowest BCUT2D eigenvalue weighted by Gasteiger charge is -2.02. The Morgan fingerprint density at radius 2 is 2.40 bits per heavy atom. The molecule has 0 saturated heterocycles. The topological polar surface area (TPSA) is 29.1 Å². The Morgan fingerprint density at radius 1 is 1.60 bits per heavy atom. The van der Waals surface area contributed by atoms with Crippen molar-refractivity contribution >= 4 is 21.8 Å². The molecular formula is C12H14BrNO. The second kappa shape index (κ2) is 4.35. The lowest BCUT2D eigenvalue weighted by Crippen LogP contribution is -2.24. The van der Waals surface area contributed by atoms with Gasteiger partial charge in [0.05, 0.1) is 0 Å². The molecule has 1 aliphatic carbocycles. The summed E-state index contributed by atoms with van der Waals surface area (Å²) in [5.41, 5.74) is 1.26. The van der Waals surface area contributed by atoms with Crippen molar-refractivity contribution < 1.29 is 4.79 Å². The van der Waals surface area contributed by atoms with Gasteiger partial charge in [-0.15, -0.1) is 0 Å². The molecule has 0 spiro atoms. The van der Waals surface area contributed by atoms with Gasteiger partial charge in [0.2, 0.25) is 5.91 Å². The van der Waals surface area contributed by atoms with Crippen LogP contribution in [0, 0.1) is 5.92 Å². The Hall–Kier alpha value is -0.830. The van der Waals surface area contributed by atoms with Crippen molar-refractivity contribution in [2.24, 2.45) is 5.92 Å². The highest BCUT2D eigenvalue weighted by atomic mass is 79.9. The fourth-order valence-electron chi connectivity index (χ4n) is 1.90. The van der Waals surface area contributed by atoms with Gasteiger partial charge in [-0.1, -0.05) is 28.1 Å². The monoisotopic (exact) mass is 267 g/mol. The molecule has 1 aliphatic rings. The highest BCUT2D eigenvalue weighted by Crippen LogP contribution is 2.47. The number of carbonyl (C=O) groups excluding carboxylic acids is 1. The smallest absolute Gasteiger partial charge is 0.223 e. The summed E-state index contributed by atoms with van der Waals surface area (Å²) in [6.07, 6.45) is 0.988. The molecule has 2 rings (SSSR count). The van der Waals surface area contributed by atoms with Crippen LogP contribution in [-0.4, -0.2) is 12.5 Å². The first kappa shape index (κ1) is 10.7. The molecule has 0 radical (unpaired) electrons. The Morgan fingerprint density at radius 3 is 3.07 bits per heavy atom. The Kier molecular flexibility index (Phi) is 3.10. The van der Waals surface area contributed by atoms with E-state index < -0.39 is 0 Å². The largest absolute Gasteiger partial charge is 0.356 e. The van der Waals surface area contributed by atoms with Gasteiger partial charge in [0, 0.05) is 16.9 Å². The van der Waals surface area contributed by atoms with E-state index in [4.69, 9.17) is 0 Å². The van der Waals surface area contributed by atoms with Gasteiger partial charge < -0.3 is 5.32 Å². The predicted octanol–water partition coefficient (Wildman–Crippen LogP) is 2.69. The van der Waals surface area contributed by atoms with Crippen LogP contribution in [0.3, 0.4) is 0 Å². The summed E-state index contributed by atoms with van der Waals surface area (Å²) in [6.45, 7) is 2.68. The quantitative estimate of drug-likeness (QED) is 0.897. The number of hydrogen-bond donors (Lipinski definition) is 1. The van der Waals surface area contributed by atoms with E-state index in [1.165, 1.54) is 5.56 Å². The Balaban J connectivity index is 2.01. The molecule has 1 aromatic carbocycles. The van der Waals surface area contributed by atoms with Gasteiger partial charge in [0.15, 0.2) is 0 Å². The number of rotatable bonds is 3. The summed E-state index contributed by atoms with van der Waals surface area (Å²) in [5.74, 6) is 0.816. The van der Waals surface area contributed by atoms with E-state index in [1.807, 2.05) is 19.1 Å². The summed E-state index contributed by atoms with van der Waals surface area (Å²) < 4.78 is 1.08. The van der Waals surface area contributed by atoms with Crippen molar-refractivity contribution in [2.45, 2.75) is 19.3 Å². The number of benzene rings is 1. The van der Waals surface area contributed by atoms with Gasteiger partial charge in [0.1, 0.15) is 0 Å². The second-order valence-electron chi connectivity index (χ2n) is 3.90. The van der Waals surface area contributed by atoms with E-state index in [0.29, 0.717) is 5.92 Å². The minimum Gasteiger partial charge on any atom is -0.356 e. The van der Waals surface area contributed by atoms with Crippen LogP contribution in [0.1, 0.15) is 24.8 Å². The minimum atomic E-state index is 0.194. The fraction of sp³-hybridized carbons (Fsp3) is 0.417. The average molecular weight is 268 g/mol. The molecule has 1 amide bonds. The summed E-state index contributed by atoms with van der Waals surface area (Å²) in [4.78, 5) is 11.6. The maximum Gasteiger partial charge on any atom is 0.223 e. The first-order valence-corrected chi connectivity index (χ1v) is 6.05. The van der Waals surface area contributed by atoms with Crippen molar-refractivity contribution in [1.29, 1.82) is 0 Å². The van der Waals surface area contributed by atoms with Crippen molar-refractivity contribution in [3.63, 3.8) is 0 Å². The third-order valence-electron chi connectivity index (χ3n) is 2.76. The molecule has 0 aliphatic heterocycles. The number of amides is 1. The van der Waals surface area contributed by atoms with Crippen molar-refractivity contribution in [3.8, 4) is 0 Å². The summed E-state index contributed by atoms with van der Waals surface area (Å²) in [6, 6.07) is 8.22. The zero-order valence-corrected chi connectivity index (χ0v) is 10.3. The Bertz CT molecular complexity index is 378. The molecule has 1 saturated carbocycles. The third-order valence-corrected chi connectivity index (χ3v) is 3.25. The lowest BCUT2D eigenvalue weighted by molar-refractivity contribution is -0.122. The van der Waals surface area contributed by atoms with Gasteiger partial charge in [0.25, 0.3) is 0 Å². The van der Waals surface area contributed by atoms with Crippen LogP contribution in [0.4, 0.5) is 0 Å². The van der Waals surface area contributed by atoms with E-state index in [1.54, 1.807) is 0 Å². The molecular weight excluding hydrogens is 254 g/mol. The molecule has 80 valence electrons. The van der Waals surface area contributed by atoms with Crippen LogP contribution in [0.15, 0.2) is 28.7 Å². The molecule has 2 atom stereocenters. The first-order valence-electron chi connectivity index (χ1n) is 5.25. The molecule has 15 heavy (non-hydrogen) atoms.